The lowest BCUT2D eigenvalue weighted by molar-refractivity contribution is 0.120. The van der Waals surface area contributed by atoms with Crippen molar-refractivity contribution in [2.75, 3.05) is 25.1 Å². The fraction of sp³-hybridized carbons (Fsp3) is 0.357. The van der Waals surface area contributed by atoms with E-state index in [-0.39, 0.29) is 0 Å². The fourth-order valence-electron chi connectivity index (χ4n) is 1.84. The summed E-state index contributed by atoms with van der Waals surface area (Å²) >= 11 is 1.28. The van der Waals surface area contributed by atoms with Crippen molar-refractivity contribution < 1.29 is 14.8 Å². The van der Waals surface area contributed by atoms with Crippen molar-refractivity contribution in [3.05, 3.63) is 42.1 Å². The molecule has 0 saturated heterocycles. The third kappa shape index (κ3) is 5.13. The molecule has 5 nitrogen and oxygen atoms in total. The molecule has 7 heteroatoms. The summed E-state index contributed by atoms with van der Waals surface area (Å²) in [5.41, 5.74) is 1.17. The van der Waals surface area contributed by atoms with Crippen LogP contribution in [0.5, 0.6) is 0 Å². The van der Waals surface area contributed by atoms with E-state index in [9.17, 15) is 0 Å². The van der Waals surface area contributed by atoms with E-state index < -0.39 is 7.12 Å². The number of thiazole rings is 1. The largest absolute Gasteiger partial charge is 0.500 e. The standard InChI is InChI=1S/C14H19BN2O3S/c1-17(14-16-10-13(21-14)15(18)19)8-5-9-20-11-12-6-3-2-4-7-12/h2-4,6-7,10,18-19H,5,8-9,11H2,1H3. The fourth-order valence-corrected chi connectivity index (χ4v) is 2.61. The number of ether oxygens (including phenoxy) is 1. The smallest absolute Gasteiger partial charge is 0.423 e. The number of hydrogen-bond donors (Lipinski definition) is 2. The minimum absolute atomic E-state index is 0.456. The van der Waals surface area contributed by atoms with E-state index >= 15 is 0 Å². The summed E-state index contributed by atoms with van der Waals surface area (Å²) < 4.78 is 6.08. The van der Waals surface area contributed by atoms with Crippen LogP contribution < -0.4 is 9.68 Å². The Morgan fingerprint density at radius 1 is 1.29 bits per heavy atom. The van der Waals surface area contributed by atoms with Crippen molar-refractivity contribution in [2.45, 2.75) is 13.0 Å². The molecule has 21 heavy (non-hydrogen) atoms. The van der Waals surface area contributed by atoms with E-state index in [1.807, 2.05) is 42.3 Å². The second-order valence-electron chi connectivity index (χ2n) is 4.73. The summed E-state index contributed by atoms with van der Waals surface area (Å²) in [7, 11) is 0.489. The summed E-state index contributed by atoms with van der Waals surface area (Å²) in [6.07, 6.45) is 2.38. The van der Waals surface area contributed by atoms with Crippen molar-refractivity contribution in [3.8, 4) is 0 Å². The second-order valence-corrected chi connectivity index (χ2v) is 5.77. The van der Waals surface area contributed by atoms with Gasteiger partial charge in [0.25, 0.3) is 0 Å². The van der Waals surface area contributed by atoms with Crippen LogP contribution in [0.1, 0.15) is 12.0 Å². The molecule has 0 spiro atoms. The Bertz CT molecular complexity index is 536. The average Bonchev–Trinajstić information content (AvgIpc) is 2.98. The van der Waals surface area contributed by atoms with Crippen LogP contribution >= 0.6 is 11.3 Å². The molecule has 0 aliphatic rings. The molecule has 0 bridgehead atoms. The molecule has 112 valence electrons. The second kappa shape index (κ2) is 8.14. The third-order valence-corrected chi connectivity index (χ3v) is 4.14. The zero-order valence-corrected chi connectivity index (χ0v) is 12.8. The number of rotatable bonds is 8. The molecule has 2 aromatic rings. The van der Waals surface area contributed by atoms with Gasteiger partial charge < -0.3 is 19.7 Å². The van der Waals surface area contributed by atoms with Crippen LogP contribution in [0.25, 0.3) is 0 Å². The Labute approximate surface area is 129 Å². The summed E-state index contributed by atoms with van der Waals surface area (Å²) in [4.78, 5) is 6.16. The van der Waals surface area contributed by atoms with Gasteiger partial charge in [0.05, 0.1) is 11.4 Å². The monoisotopic (exact) mass is 306 g/mol. The minimum Gasteiger partial charge on any atom is -0.423 e. The van der Waals surface area contributed by atoms with E-state index in [2.05, 4.69) is 4.98 Å². The Hall–Kier alpha value is -1.41. The number of aromatic nitrogens is 1. The van der Waals surface area contributed by atoms with Crippen LogP contribution in [0, 0.1) is 0 Å². The van der Waals surface area contributed by atoms with Gasteiger partial charge in [-0.25, -0.2) is 4.98 Å². The first kappa shape index (κ1) is 16.0. The molecule has 0 saturated carbocycles. The SMILES string of the molecule is CN(CCCOCc1ccccc1)c1ncc(B(O)O)s1. The van der Waals surface area contributed by atoms with Gasteiger partial charge in [0, 0.05) is 26.4 Å². The van der Waals surface area contributed by atoms with Crippen LogP contribution in [0.15, 0.2) is 36.5 Å². The van der Waals surface area contributed by atoms with Crippen LogP contribution in [-0.2, 0) is 11.3 Å². The van der Waals surface area contributed by atoms with E-state index in [1.165, 1.54) is 23.1 Å². The number of benzene rings is 1. The predicted octanol–water partition coefficient (Wildman–Crippen LogP) is 0.866. The summed E-state index contributed by atoms with van der Waals surface area (Å²) in [5.74, 6) is 0. The Kier molecular flexibility index (Phi) is 6.19. The third-order valence-electron chi connectivity index (χ3n) is 2.99. The maximum absolute atomic E-state index is 9.06. The topological polar surface area (TPSA) is 65.8 Å². The van der Waals surface area contributed by atoms with Crippen molar-refractivity contribution in [2.24, 2.45) is 0 Å². The number of anilines is 1. The van der Waals surface area contributed by atoms with Crippen molar-refractivity contribution >= 4 is 28.4 Å². The molecule has 0 aliphatic carbocycles. The molecule has 0 radical (unpaired) electrons. The van der Waals surface area contributed by atoms with Gasteiger partial charge in [-0.2, -0.15) is 0 Å². The molecule has 0 atom stereocenters. The van der Waals surface area contributed by atoms with Crippen LogP contribution in [0.2, 0.25) is 0 Å². The van der Waals surface area contributed by atoms with Crippen molar-refractivity contribution in [3.63, 3.8) is 0 Å². The van der Waals surface area contributed by atoms with Gasteiger partial charge in [0.1, 0.15) is 0 Å². The molecular weight excluding hydrogens is 287 g/mol. The van der Waals surface area contributed by atoms with Crippen LogP contribution in [0.4, 0.5) is 5.13 Å². The molecule has 2 N–H and O–H groups in total. The van der Waals surface area contributed by atoms with Crippen LogP contribution in [0.3, 0.4) is 0 Å². The molecule has 1 aromatic carbocycles. The van der Waals surface area contributed by atoms with Gasteiger partial charge in [-0.1, -0.05) is 30.3 Å². The quantitative estimate of drug-likeness (QED) is 0.559. The van der Waals surface area contributed by atoms with Gasteiger partial charge in [-0.05, 0) is 12.0 Å². The highest BCUT2D eigenvalue weighted by Crippen LogP contribution is 2.14. The first-order chi connectivity index (χ1) is 10.2. The molecule has 2 rings (SSSR count). The lowest BCUT2D eigenvalue weighted by Crippen LogP contribution is -2.26. The summed E-state index contributed by atoms with van der Waals surface area (Å²) in [6.45, 7) is 2.12. The Morgan fingerprint density at radius 2 is 2.05 bits per heavy atom. The normalized spacial score (nSPS) is 10.6. The van der Waals surface area contributed by atoms with E-state index in [4.69, 9.17) is 14.8 Å². The van der Waals surface area contributed by atoms with E-state index in [0.717, 1.165) is 18.1 Å². The molecule has 0 fully saturated rings. The van der Waals surface area contributed by atoms with Gasteiger partial charge in [0.15, 0.2) is 5.13 Å². The Balaban J connectivity index is 1.66. The first-order valence-corrected chi connectivity index (χ1v) is 7.63. The predicted molar refractivity (Wildman–Crippen MR) is 85.9 cm³/mol. The number of nitrogens with zero attached hydrogens (tertiary/aromatic N) is 2. The maximum Gasteiger partial charge on any atom is 0.500 e. The first-order valence-electron chi connectivity index (χ1n) is 6.81. The number of hydrogen-bond acceptors (Lipinski definition) is 6. The lowest BCUT2D eigenvalue weighted by Gasteiger charge is -2.15. The highest BCUT2D eigenvalue weighted by molar-refractivity contribution is 7.24. The molecular formula is C14H19BN2O3S. The lowest BCUT2D eigenvalue weighted by atomic mass is 9.91. The zero-order valence-electron chi connectivity index (χ0n) is 12.0. The maximum atomic E-state index is 9.06. The van der Waals surface area contributed by atoms with E-state index in [0.29, 0.717) is 18.0 Å². The van der Waals surface area contributed by atoms with Gasteiger partial charge in [-0.15, -0.1) is 11.3 Å². The molecule has 0 aliphatic heterocycles. The summed E-state index contributed by atoms with van der Waals surface area (Å²) in [6, 6.07) is 10.1. The Morgan fingerprint density at radius 3 is 2.71 bits per heavy atom. The van der Waals surface area contributed by atoms with Crippen molar-refractivity contribution in [1.82, 2.24) is 4.98 Å². The van der Waals surface area contributed by atoms with Crippen LogP contribution in [-0.4, -0.2) is 42.3 Å². The average molecular weight is 306 g/mol. The summed E-state index contributed by atoms with van der Waals surface area (Å²) in [5, 5.41) is 18.9. The van der Waals surface area contributed by atoms with Gasteiger partial charge >= 0.3 is 7.12 Å². The highest BCUT2D eigenvalue weighted by Gasteiger charge is 2.16. The highest BCUT2D eigenvalue weighted by atomic mass is 32.1. The van der Waals surface area contributed by atoms with Crippen molar-refractivity contribution in [1.29, 1.82) is 0 Å². The van der Waals surface area contributed by atoms with Gasteiger partial charge in [0.2, 0.25) is 0 Å². The molecule has 0 unspecified atom stereocenters. The van der Waals surface area contributed by atoms with Gasteiger partial charge in [-0.3, -0.25) is 0 Å². The molecule has 1 aromatic heterocycles. The minimum atomic E-state index is -1.45. The molecule has 0 amide bonds. The zero-order chi connectivity index (χ0) is 15.1. The molecule has 1 heterocycles. The van der Waals surface area contributed by atoms with E-state index in [1.54, 1.807) is 0 Å².